The van der Waals surface area contributed by atoms with Gasteiger partial charge >= 0.3 is 0 Å². The second-order valence-electron chi connectivity index (χ2n) is 5.81. The Kier molecular flexibility index (Phi) is 4.12. The summed E-state index contributed by atoms with van der Waals surface area (Å²) >= 11 is 6.35. The minimum atomic E-state index is 0.000801. The lowest BCUT2D eigenvalue weighted by atomic mass is 9.87. The van der Waals surface area contributed by atoms with Gasteiger partial charge in [0.25, 0.3) is 0 Å². The molecule has 19 heavy (non-hydrogen) atoms. The molecule has 0 unspecified atom stereocenters. The Morgan fingerprint density at radius 2 is 2.00 bits per heavy atom. The molecule has 2 nitrogen and oxygen atoms in total. The highest BCUT2D eigenvalue weighted by Gasteiger charge is 2.19. The van der Waals surface area contributed by atoms with Crippen LogP contribution in [0.3, 0.4) is 0 Å². The van der Waals surface area contributed by atoms with Crippen LogP contribution in [-0.4, -0.2) is 18.7 Å². The molecular formula is C16H20ClNO. The summed E-state index contributed by atoms with van der Waals surface area (Å²) in [6, 6.07) is 8.39. The van der Waals surface area contributed by atoms with Gasteiger partial charge in [0.1, 0.15) is 5.15 Å². The van der Waals surface area contributed by atoms with E-state index in [1.54, 1.807) is 7.11 Å². The molecule has 0 bridgehead atoms. The molecule has 1 aromatic heterocycles. The topological polar surface area (TPSA) is 22.1 Å². The van der Waals surface area contributed by atoms with Crippen molar-refractivity contribution in [2.75, 3.05) is 13.7 Å². The van der Waals surface area contributed by atoms with Crippen molar-refractivity contribution in [2.24, 2.45) is 0 Å². The quantitative estimate of drug-likeness (QED) is 0.777. The molecule has 2 rings (SSSR count). The molecule has 0 atom stereocenters. The molecule has 1 heterocycles. The molecule has 0 aliphatic rings. The van der Waals surface area contributed by atoms with Gasteiger partial charge in [-0.1, -0.05) is 50.6 Å². The number of methoxy groups -OCH3 is 1. The van der Waals surface area contributed by atoms with Crippen LogP contribution in [0.5, 0.6) is 0 Å². The lowest BCUT2D eigenvalue weighted by Crippen LogP contribution is -2.12. The van der Waals surface area contributed by atoms with Crippen molar-refractivity contribution in [1.82, 2.24) is 4.98 Å². The summed E-state index contributed by atoms with van der Waals surface area (Å²) in [7, 11) is 1.71. The van der Waals surface area contributed by atoms with E-state index in [0.29, 0.717) is 11.8 Å². The minimum Gasteiger partial charge on any atom is -0.384 e. The first-order valence-corrected chi connectivity index (χ1v) is 6.89. The summed E-state index contributed by atoms with van der Waals surface area (Å²) in [6.45, 7) is 7.14. The third-order valence-electron chi connectivity index (χ3n) is 3.27. The van der Waals surface area contributed by atoms with Crippen molar-refractivity contribution in [3.05, 3.63) is 40.5 Å². The van der Waals surface area contributed by atoms with Gasteiger partial charge in [0.15, 0.2) is 0 Å². The SMILES string of the molecule is COCCc1cccc2cc(C(C)(C)C)c(Cl)nc12. The smallest absolute Gasteiger partial charge is 0.133 e. The highest BCUT2D eigenvalue weighted by atomic mass is 35.5. The lowest BCUT2D eigenvalue weighted by Gasteiger charge is -2.21. The van der Waals surface area contributed by atoms with Crippen molar-refractivity contribution in [3.63, 3.8) is 0 Å². The predicted molar refractivity (Wildman–Crippen MR) is 81.0 cm³/mol. The molecule has 3 heteroatoms. The van der Waals surface area contributed by atoms with Crippen LogP contribution in [0.1, 0.15) is 31.9 Å². The Balaban J connectivity index is 2.57. The molecule has 102 valence electrons. The molecule has 1 aromatic carbocycles. The number of benzene rings is 1. The number of pyridine rings is 1. The minimum absolute atomic E-state index is 0.000801. The summed E-state index contributed by atoms with van der Waals surface area (Å²) in [6.07, 6.45) is 0.853. The summed E-state index contributed by atoms with van der Waals surface area (Å²) < 4.78 is 5.14. The van der Waals surface area contributed by atoms with Gasteiger partial charge in [-0.3, -0.25) is 0 Å². The molecule has 0 saturated carbocycles. The maximum Gasteiger partial charge on any atom is 0.133 e. The highest BCUT2D eigenvalue weighted by molar-refractivity contribution is 6.30. The molecule has 0 aliphatic carbocycles. The first-order valence-electron chi connectivity index (χ1n) is 6.51. The maximum absolute atomic E-state index is 6.35. The van der Waals surface area contributed by atoms with Gasteiger partial charge in [-0.2, -0.15) is 0 Å². The summed E-state index contributed by atoms with van der Waals surface area (Å²) in [5.41, 5.74) is 3.26. The first-order chi connectivity index (χ1) is 8.93. The van der Waals surface area contributed by atoms with Crippen LogP contribution < -0.4 is 0 Å². The maximum atomic E-state index is 6.35. The first kappa shape index (κ1) is 14.3. The Morgan fingerprint density at radius 1 is 1.26 bits per heavy atom. The molecule has 0 amide bonds. The van der Waals surface area contributed by atoms with E-state index in [2.05, 4.69) is 50.0 Å². The van der Waals surface area contributed by atoms with Crippen LogP contribution in [0.2, 0.25) is 5.15 Å². The summed E-state index contributed by atoms with van der Waals surface area (Å²) in [4.78, 5) is 4.60. The van der Waals surface area contributed by atoms with Crippen molar-refractivity contribution in [1.29, 1.82) is 0 Å². The fourth-order valence-electron chi connectivity index (χ4n) is 2.18. The van der Waals surface area contributed by atoms with Gasteiger partial charge in [0.05, 0.1) is 12.1 Å². The fourth-order valence-corrected chi connectivity index (χ4v) is 2.60. The fraction of sp³-hybridized carbons (Fsp3) is 0.438. The summed E-state index contributed by atoms with van der Waals surface area (Å²) in [5.74, 6) is 0. The molecule has 0 aliphatic heterocycles. The number of rotatable bonds is 3. The van der Waals surface area contributed by atoms with Crippen LogP contribution >= 0.6 is 11.6 Å². The zero-order valence-electron chi connectivity index (χ0n) is 12.0. The van der Waals surface area contributed by atoms with Crippen LogP contribution in [-0.2, 0) is 16.6 Å². The third-order valence-corrected chi connectivity index (χ3v) is 3.55. The van der Waals surface area contributed by atoms with Gasteiger partial charge in [0.2, 0.25) is 0 Å². The third kappa shape index (κ3) is 3.07. The number of halogens is 1. The van der Waals surface area contributed by atoms with Crippen LogP contribution in [0, 0.1) is 0 Å². The van der Waals surface area contributed by atoms with Crippen molar-refractivity contribution >= 4 is 22.5 Å². The van der Waals surface area contributed by atoms with E-state index in [1.807, 2.05) is 0 Å². The average molecular weight is 278 g/mol. The van der Waals surface area contributed by atoms with Gasteiger partial charge < -0.3 is 4.74 Å². The van der Waals surface area contributed by atoms with Crippen molar-refractivity contribution < 1.29 is 4.74 Å². The van der Waals surface area contributed by atoms with Crippen LogP contribution in [0.25, 0.3) is 10.9 Å². The van der Waals surface area contributed by atoms with Gasteiger partial charge in [0, 0.05) is 12.5 Å². The molecule has 2 aromatic rings. The van der Waals surface area contributed by atoms with E-state index >= 15 is 0 Å². The Morgan fingerprint density at radius 3 is 2.63 bits per heavy atom. The number of nitrogens with zero attached hydrogens (tertiary/aromatic N) is 1. The van der Waals surface area contributed by atoms with E-state index in [4.69, 9.17) is 16.3 Å². The number of hydrogen-bond acceptors (Lipinski definition) is 2. The number of ether oxygens (including phenoxy) is 1. The number of para-hydroxylation sites is 1. The second kappa shape index (κ2) is 5.48. The largest absolute Gasteiger partial charge is 0.384 e. The van der Waals surface area contributed by atoms with Gasteiger partial charge in [-0.15, -0.1) is 0 Å². The zero-order valence-corrected chi connectivity index (χ0v) is 12.7. The highest BCUT2D eigenvalue weighted by Crippen LogP contribution is 2.31. The second-order valence-corrected chi connectivity index (χ2v) is 6.17. The predicted octanol–water partition coefficient (Wildman–Crippen LogP) is 4.37. The molecule has 0 radical (unpaired) electrons. The summed E-state index contributed by atoms with van der Waals surface area (Å²) in [5, 5.41) is 1.74. The molecule has 0 N–H and O–H groups in total. The monoisotopic (exact) mass is 277 g/mol. The molecule has 0 spiro atoms. The number of hydrogen-bond donors (Lipinski definition) is 0. The molecular weight excluding hydrogens is 258 g/mol. The van der Waals surface area contributed by atoms with Crippen molar-refractivity contribution in [2.45, 2.75) is 32.6 Å². The lowest BCUT2D eigenvalue weighted by molar-refractivity contribution is 0.202. The van der Waals surface area contributed by atoms with Crippen LogP contribution in [0.15, 0.2) is 24.3 Å². The van der Waals surface area contributed by atoms with Crippen LogP contribution in [0.4, 0.5) is 0 Å². The molecule has 0 saturated heterocycles. The van der Waals surface area contributed by atoms with Gasteiger partial charge in [-0.25, -0.2) is 4.98 Å². The zero-order chi connectivity index (χ0) is 14.0. The van der Waals surface area contributed by atoms with E-state index in [-0.39, 0.29) is 5.41 Å². The Labute approximate surface area is 119 Å². The van der Waals surface area contributed by atoms with Gasteiger partial charge in [-0.05, 0) is 29.0 Å². The van der Waals surface area contributed by atoms with E-state index in [9.17, 15) is 0 Å². The normalized spacial score (nSPS) is 12.1. The standard InChI is InChI=1S/C16H20ClNO/c1-16(2,3)13-10-12-7-5-6-11(8-9-19-4)14(12)18-15(13)17/h5-7,10H,8-9H2,1-4H3. The number of aromatic nitrogens is 1. The molecule has 0 fully saturated rings. The average Bonchev–Trinajstić information content (AvgIpc) is 2.34. The van der Waals surface area contributed by atoms with E-state index in [1.165, 1.54) is 5.56 Å². The van der Waals surface area contributed by atoms with E-state index in [0.717, 1.165) is 22.9 Å². The Hall–Kier alpha value is -1.12. The van der Waals surface area contributed by atoms with E-state index < -0.39 is 0 Å². The van der Waals surface area contributed by atoms with Crippen molar-refractivity contribution in [3.8, 4) is 0 Å². The number of fused-ring (bicyclic) bond motifs is 1. The Bertz CT molecular complexity index is 587.